The fraction of sp³-hybridized carbons (Fsp3) is 0.917. The lowest BCUT2D eigenvalue weighted by molar-refractivity contribution is -0.144. The van der Waals surface area contributed by atoms with Gasteiger partial charge in [-0.2, -0.15) is 0 Å². The summed E-state index contributed by atoms with van der Waals surface area (Å²) in [7, 11) is -3.15. The summed E-state index contributed by atoms with van der Waals surface area (Å²) >= 11 is 0. The summed E-state index contributed by atoms with van der Waals surface area (Å²) in [6.07, 6.45) is 3.52. The van der Waals surface area contributed by atoms with Crippen molar-refractivity contribution in [1.29, 1.82) is 0 Å². The number of carboxylic acids is 1. The van der Waals surface area contributed by atoms with Gasteiger partial charge in [0, 0.05) is 13.1 Å². The van der Waals surface area contributed by atoms with Crippen molar-refractivity contribution in [2.24, 2.45) is 17.8 Å². The summed E-state index contributed by atoms with van der Waals surface area (Å²) in [4.78, 5) is 11.2. The van der Waals surface area contributed by atoms with Gasteiger partial charge in [0.2, 0.25) is 10.0 Å². The van der Waals surface area contributed by atoms with Gasteiger partial charge in [-0.1, -0.05) is 13.8 Å². The molecular formula is C12H23NO4S. The van der Waals surface area contributed by atoms with Crippen molar-refractivity contribution in [3.63, 3.8) is 0 Å². The molecule has 0 radical (unpaired) electrons. The summed E-state index contributed by atoms with van der Waals surface area (Å²) in [6, 6.07) is 0. The summed E-state index contributed by atoms with van der Waals surface area (Å²) in [6.45, 7) is 4.83. The molecule has 0 amide bonds. The Morgan fingerprint density at radius 1 is 1.44 bits per heavy atom. The fourth-order valence-electron chi connectivity index (χ4n) is 2.54. The lowest BCUT2D eigenvalue weighted by Crippen LogP contribution is -2.40. The van der Waals surface area contributed by atoms with Crippen LogP contribution in [0.3, 0.4) is 0 Å². The second kappa shape index (κ2) is 6.02. The molecule has 2 atom stereocenters. The molecule has 0 aromatic carbocycles. The van der Waals surface area contributed by atoms with E-state index in [-0.39, 0.29) is 17.8 Å². The van der Waals surface area contributed by atoms with Crippen molar-refractivity contribution in [2.75, 3.05) is 19.3 Å². The molecule has 1 fully saturated rings. The lowest BCUT2D eigenvalue weighted by atomic mass is 9.83. The number of aliphatic carboxylic acids is 1. The van der Waals surface area contributed by atoms with E-state index in [9.17, 15) is 13.2 Å². The van der Waals surface area contributed by atoms with Crippen LogP contribution in [0.2, 0.25) is 0 Å². The van der Waals surface area contributed by atoms with Crippen LogP contribution >= 0.6 is 0 Å². The topological polar surface area (TPSA) is 74.7 Å². The zero-order valence-electron chi connectivity index (χ0n) is 11.3. The minimum absolute atomic E-state index is 0.0797. The lowest BCUT2D eigenvalue weighted by Gasteiger charge is -2.32. The standard InChI is InChI=1S/C12H23NO4S/c1-9(2)11(12(14)15)7-10-5-4-6-13(8-10)18(3,16)17/h9-11H,4-8H2,1-3H3,(H,14,15). The fourth-order valence-corrected chi connectivity index (χ4v) is 3.48. The number of carboxylic acid groups (broad SMARTS) is 1. The Balaban J connectivity index is 2.65. The Kier molecular flexibility index (Phi) is 5.16. The molecule has 1 aliphatic heterocycles. The van der Waals surface area contributed by atoms with Gasteiger partial charge in [0.25, 0.3) is 0 Å². The SMILES string of the molecule is CC(C)C(CC1CCCN(S(C)(=O)=O)C1)C(=O)O. The Morgan fingerprint density at radius 2 is 2.06 bits per heavy atom. The molecule has 0 bridgehead atoms. The second-order valence-corrected chi connectivity index (χ2v) is 7.54. The van der Waals surface area contributed by atoms with Crippen LogP contribution in [-0.2, 0) is 14.8 Å². The van der Waals surface area contributed by atoms with Crippen molar-refractivity contribution >= 4 is 16.0 Å². The number of nitrogens with zero attached hydrogens (tertiary/aromatic N) is 1. The molecule has 1 aliphatic rings. The molecule has 1 saturated heterocycles. The highest BCUT2D eigenvalue weighted by Crippen LogP contribution is 2.28. The zero-order valence-corrected chi connectivity index (χ0v) is 12.1. The summed E-state index contributed by atoms with van der Waals surface area (Å²) in [5.74, 6) is -0.913. The van der Waals surface area contributed by atoms with Gasteiger partial charge in [0.1, 0.15) is 0 Å². The highest BCUT2D eigenvalue weighted by atomic mass is 32.2. The predicted octanol–water partition coefficient (Wildman–Crippen LogP) is 1.40. The molecule has 1 heterocycles. The highest BCUT2D eigenvalue weighted by molar-refractivity contribution is 7.88. The van der Waals surface area contributed by atoms with Crippen LogP contribution in [-0.4, -0.2) is 43.1 Å². The van der Waals surface area contributed by atoms with Gasteiger partial charge in [-0.3, -0.25) is 4.79 Å². The van der Waals surface area contributed by atoms with E-state index in [0.29, 0.717) is 19.5 Å². The van der Waals surface area contributed by atoms with Crippen molar-refractivity contribution in [1.82, 2.24) is 4.31 Å². The molecule has 0 saturated carbocycles. The first-order valence-corrected chi connectivity index (χ1v) is 8.24. The largest absolute Gasteiger partial charge is 0.481 e. The number of rotatable bonds is 5. The van der Waals surface area contributed by atoms with Crippen LogP contribution in [0.5, 0.6) is 0 Å². The van der Waals surface area contributed by atoms with Gasteiger partial charge in [-0.15, -0.1) is 0 Å². The van der Waals surface area contributed by atoms with Gasteiger partial charge >= 0.3 is 5.97 Å². The third-order valence-electron chi connectivity index (χ3n) is 3.66. The minimum Gasteiger partial charge on any atom is -0.481 e. The first kappa shape index (κ1) is 15.4. The number of hydrogen-bond acceptors (Lipinski definition) is 3. The number of sulfonamides is 1. The maximum atomic E-state index is 11.5. The first-order valence-electron chi connectivity index (χ1n) is 6.39. The van der Waals surface area contributed by atoms with Gasteiger partial charge in [-0.05, 0) is 31.1 Å². The van der Waals surface area contributed by atoms with Crippen LogP contribution in [0.25, 0.3) is 0 Å². The third-order valence-corrected chi connectivity index (χ3v) is 4.93. The Morgan fingerprint density at radius 3 is 2.50 bits per heavy atom. The van der Waals surface area contributed by atoms with Gasteiger partial charge in [0.05, 0.1) is 12.2 Å². The zero-order chi connectivity index (χ0) is 13.9. The molecule has 0 spiro atoms. The first-order chi connectivity index (χ1) is 8.21. The molecule has 0 aromatic rings. The molecule has 106 valence electrons. The third kappa shape index (κ3) is 4.24. The van der Waals surface area contributed by atoms with Crippen LogP contribution in [0, 0.1) is 17.8 Å². The molecule has 1 rings (SSSR count). The number of piperidine rings is 1. The van der Waals surface area contributed by atoms with Crippen molar-refractivity contribution < 1.29 is 18.3 Å². The van der Waals surface area contributed by atoms with E-state index in [2.05, 4.69) is 0 Å². The predicted molar refractivity (Wildman–Crippen MR) is 69.7 cm³/mol. The quantitative estimate of drug-likeness (QED) is 0.824. The molecule has 18 heavy (non-hydrogen) atoms. The van der Waals surface area contributed by atoms with Crippen LogP contribution in [0.4, 0.5) is 0 Å². The normalized spacial score (nSPS) is 24.1. The average Bonchev–Trinajstić information content (AvgIpc) is 2.24. The summed E-state index contributed by atoms with van der Waals surface area (Å²) in [5.41, 5.74) is 0. The van der Waals surface area contributed by atoms with E-state index in [1.165, 1.54) is 10.6 Å². The molecule has 0 aliphatic carbocycles. The van der Waals surface area contributed by atoms with E-state index in [1.807, 2.05) is 13.8 Å². The molecule has 2 unspecified atom stereocenters. The number of carbonyl (C=O) groups is 1. The molecule has 1 N–H and O–H groups in total. The van der Waals surface area contributed by atoms with E-state index in [1.54, 1.807) is 0 Å². The maximum Gasteiger partial charge on any atom is 0.306 e. The van der Waals surface area contributed by atoms with Gasteiger partial charge < -0.3 is 5.11 Å². The van der Waals surface area contributed by atoms with E-state index < -0.39 is 16.0 Å². The van der Waals surface area contributed by atoms with E-state index >= 15 is 0 Å². The smallest absolute Gasteiger partial charge is 0.306 e. The van der Waals surface area contributed by atoms with Crippen LogP contribution < -0.4 is 0 Å². The summed E-state index contributed by atoms with van der Waals surface area (Å²) < 4.78 is 24.5. The van der Waals surface area contributed by atoms with Gasteiger partial charge in [0.15, 0.2) is 0 Å². The molecule has 0 aromatic heterocycles. The molecule has 6 heteroatoms. The maximum absolute atomic E-state index is 11.5. The van der Waals surface area contributed by atoms with Crippen LogP contribution in [0.1, 0.15) is 33.1 Å². The highest BCUT2D eigenvalue weighted by Gasteiger charge is 2.31. The van der Waals surface area contributed by atoms with Gasteiger partial charge in [-0.25, -0.2) is 12.7 Å². The minimum atomic E-state index is -3.15. The van der Waals surface area contributed by atoms with Crippen molar-refractivity contribution in [3.05, 3.63) is 0 Å². The average molecular weight is 277 g/mol. The molecule has 5 nitrogen and oxygen atoms in total. The second-order valence-electron chi connectivity index (χ2n) is 5.55. The van der Waals surface area contributed by atoms with E-state index in [4.69, 9.17) is 5.11 Å². The Hall–Kier alpha value is -0.620. The van der Waals surface area contributed by atoms with Crippen LogP contribution in [0.15, 0.2) is 0 Å². The summed E-state index contributed by atoms with van der Waals surface area (Å²) in [5, 5.41) is 9.17. The Bertz CT molecular complexity index is 391. The van der Waals surface area contributed by atoms with Crippen molar-refractivity contribution in [3.8, 4) is 0 Å². The van der Waals surface area contributed by atoms with Crippen molar-refractivity contribution in [2.45, 2.75) is 33.1 Å². The number of hydrogen-bond donors (Lipinski definition) is 1. The monoisotopic (exact) mass is 277 g/mol. The Labute approximate surface area is 109 Å². The van der Waals surface area contributed by atoms with E-state index in [0.717, 1.165) is 12.8 Å². The molecular weight excluding hydrogens is 254 g/mol.